The molecule has 0 atom stereocenters. The first kappa shape index (κ1) is 15.5. The van der Waals surface area contributed by atoms with E-state index in [1.807, 2.05) is 31.2 Å². The van der Waals surface area contributed by atoms with Gasteiger partial charge in [0.15, 0.2) is 11.5 Å². The van der Waals surface area contributed by atoms with Gasteiger partial charge in [-0.05, 0) is 19.1 Å². The van der Waals surface area contributed by atoms with E-state index in [-0.39, 0.29) is 0 Å². The van der Waals surface area contributed by atoms with Gasteiger partial charge in [0, 0.05) is 13.1 Å². The second kappa shape index (κ2) is 9.42. The van der Waals surface area contributed by atoms with E-state index in [1.54, 1.807) is 7.11 Å². The summed E-state index contributed by atoms with van der Waals surface area (Å²) in [5.41, 5.74) is 1.04. The Kier molecular flexibility index (Phi) is 7.70. The van der Waals surface area contributed by atoms with Crippen molar-refractivity contribution in [1.29, 1.82) is 0 Å². The van der Waals surface area contributed by atoms with E-state index in [2.05, 4.69) is 11.9 Å². The molecule has 0 heterocycles. The summed E-state index contributed by atoms with van der Waals surface area (Å²) < 4.78 is 16.2. The van der Waals surface area contributed by atoms with Crippen LogP contribution in [-0.2, 0) is 4.74 Å². The maximum Gasteiger partial charge on any atom is 0.161 e. The monoisotopic (exact) mass is 265 g/mol. The predicted molar refractivity (Wildman–Crippen MR) is 77.0 cm³/mol. The van der Waals surface area contributed by atoms with E-state index >= 15 is 0 Å². The molecule has 0 spiro atoms. The largest absolute Gasteiger partial charge is 0.493 e. The van der Waals surface area contributed by atoms with E-state index in [9.17, 15) is 0 Å². The molecule has 106 valence electrons. The molecule has 0 aliphatic rings. The molecule has 0 fully saturated rings. The minimum Gasteiger partial charge on any atom is -0.493 e. The first-order valence-electron chi connectivity index (χ1n) is 6.42. The molecule has 0 unspecified atom stereocenters. The van der Waals surface area contributed by atoms with Gasteiger partial charge in [0.2, 0.25) is 0 Å². The average molecular weight is 265 g/mol. The third-order valence-corrected chi connectivity index (χ3v) is 2.38. The number of methoxy groups -OCH3 is 1. The number of benzene rings is 1. The lowest BCUT2D eigenvalue weighted by molar-refractivity contribution is 0.156. The van der Waals surface area contributed by atoms with Crippen molar-refractivity contribution in [3.05, 3.63) is 36.4 Å². The molecule has 0 amide bonds. The minimum atomic E-state index is 0.598. The number of nitrogens with one attached hydrogen (secondary N) is 1. The van der Waals surface area contributed by atoms with Crippen LogP contribution in [0.3, 0.4) is 0 Å². The number of ether oxygens (including phenoxy) is 3. The number of hydrogen-bond donors (Lipinski definition) is 1. The molecule has 0 aromatic heterocycles. The van der Waals surface area contributed by atoms with Gasteiger partial charge in [0.25, 0.3) is 0 Å². The van der Waals surface area contributed by atoms with Crippen molar-refractivity contribution in [1.82, 2.24) is 5.32 Å². The van der Waals surface area contributed by atoms with Crippen LogP contribution in [0.1, 0.15) is 6.92 Å². The molecule has 0 aliphatic carbocycles. The fourth-order valence-electron chi connectivity index (χ4n) is 1.49. The first-order chi connectivity index (χ1) is 9.24. The van der Waals surface area contributed by atoms with E-state index in [0.717, 1.165) is 30.2 Å². The molecule has 0 aliphatic heterocycles. The highest BCUT2D eigenvalue weighted by Gasteiger charge is 2.01. The van der Waals surface area contributed by atoms with Crippen LogP contribution in [0.4, 0.5) is 0 Å². The Morgan fingerprint density at radius 3 is 2.53 bits per heavy atom. The smallest absolute Gasteiger partial charge is 0.161 e. The van der Waals surface area contributed by atoms with E-state index in [1.165, 1.54) is 0 Å². The van der Waals surface area contributed by atoms with E-state index < -0.39 is 0 Å². The van der Waals surface area contributed by atoms with Crippen LogP contribution in [0.25, 0.3) is 0 Å². The van der Waals surface area contributed by atoms with Gasteiger partial charge in [-0.15, -0.1) is 0 Å². The van der Waals surface area contributed by atoms with Gasteiger partial charge in [0.1, 0.15) is 6.61 Å². The summed E-state index contributed by atoms with van der Waals surface area (Å²) in [6.07, 6.45) is 0. The molecular formula is C15H23NO3. The molecule has 0 saturated heterocycles. The van der Waals surface area contributed by atoms with Gasteiger partial charge in [-0.2, -0.15) is 0 Å². The Labute approximate surface area is 115 Å². The van der Waals surface area contributed by atoms with Gasteiger partial charge in [-0.1, -0.05) is 24.3 Å². The number of rotatable bonds is 10. The summed E-state index contributed by atoms with van der Waals surface area (Å²) in [7, 11) is 1.64. The maximum atomic E-state index is 5.63. The molecule has 1 rings (SSSR count). The summed E-state index contributed by atoms with van der Waals surface area (Å²) in [5.74, 6) is 1.53. The Morgan fingerprint density at radius 1 is 1.16 bits per heavy atom. The highest BCUT2D eigenvalue weighted by Crippen LogP contribution is 2.25. The summed E-state index contributed by atoms with van der Waals surface area (Å²) in [4.78, 5) is 0. The van der Waals surface area contributed by atoms with Crippen molar-refractivity contribution >= 4 is 0 Å². The Bertz CT molecular complexity index is 379. The second-order valence-corrected chi connectivity index (χ2v) is 4.26. The van der Waals surface area contributed by atoms with Crippen LogP contribution < -0.4 is 14.8 Å². The lowest BCUT2D eigenvalue weighted by atomic mass is 10.3. The molecule has 4 nitrogen and oxygen atoms in total. The van der Waals surface area contributed by atoms with Gasteiger partial charge in [0.05, 0.1) is 20.3 Å². The Morgan fingerprint density at radius 2 is 1.84 bits per heavy atom. The summed E-state index contributed by atoms with van der Waals surface area (Å²) in [5, 5.41) is 3.25. The van der Waals surface area contributed by atoms with Crippen molar-refractivity contribution in [3.63, 3.8) is 0 Å². The molecule has 1 aromatic rings. The summed E-state index contributed by atoms with van der Waals surface area (Å²) in [6.45, 7) is 9.21. The van der Waals surface area contributed by atoms with Crippen molar-refractivity contribution in [2.75, 3.05) is 40.0 Å². The van der Waals surface area contributed by atoms with Gasteiger partial charge in [-0.3, -0.25) is 0 Å². The van der Waals surface area contributed by atoms with Crippen molar-refractivity contribution in [3.8, 4) is 11.5 Å². The van der Waals surface area contributed by atoms with Crippen LogP contribution in [0.15, 0.2) is 36.4 Å². The lowest BCUT2D eigenvalue weighted by Crippen LogP contribution is -2.25. The second-order valence-electron chi connectivity index (χ2n) is 4.26. The zero-order valence-electron chi connectivity index (χ0n) is 11.8. The Balaban J connectivity index is 2.06. The zero-order valence-corrected chi connectivity index (χ0v) is 11.8. The fraction of sp³-hybridized carbons (Fsp3) is 0.467. The van der Waals surface area contributed by atoms with Gasteiger partial charge >= 0.3 is 0 Å². The predicted octanol–water partition coefficient (Wildman–Crippen LogP) is 2.26. The van der Waals surface area contributed by atoms with Crippen LogP contribution >= 0.6 is 0 Å². The van der Waals surface area contributed by atoms with Crippen molar-refractivity contribution < 1.29 is 14.2 Å². The highest BCUT2D eigenvalue weighted by molar-refractivity contribution is 5.39. The standard InChI is InChI=1S/C15H23NO3/c1-13(2)12-18-10-8-16-9-11-19-15-7-5-4-6-14(15)17-3/h4-7,16H,1,8-12H2,2-3H3. The molecule has 1 aromatic carbocycles. The minimum absolute atomic E-state index is 0.598. The molecular weight excluding hydrogens is 242 g/mol. The third kappa shape index (κ3) is 6.84. The first-order valence-corrected chi connectivity index (χ1v) is 6.42. The number of hydrogen-bond acceptors (Lipinski definition) is 4. The van der Waals surface area contributed by atoms with Gasteiger partial charge in [-0.25, -0.2) is 0 Å². The third-order valence-electron chi connectivity index (χ3n) is 2.38. The molecule has 0 bridgehead atoms. The van der Waals surface area contributed by atoms with Crippen LogP contribution in [0, 0.1) is 0 Å². The van der Waals surface area contributed by atoms with Crippen LogP contribution in [0.5, 0.6) is 11.5 Å². The van der Waals surface area contributed by atoms with Crippen LogP contribution in [0.2, 0.25) is 0 Å². The quantitative estimate of drug-likeness (QED) is 0.520. The maximum absolute atomic E-state index is 5.63. The Hall–Kier alpha value is -1.52. The van der Waals surface area contributed by atoms with Crippen LogP contribution in [-0.4, -0.2) is 40.0 Å². The van der Waals surface area contributed by atoms with Crippen molar-refractivity contribution in [2.45, 2.75) is 6.92 Å². The molecule has 1 N–H and O–H groups in total. The SMILES string of the molecule is C=C(C)COCCNCCOc1ccccc1OC. The fourth-order valence-corrected chi connectivity index (χ4v) is 1.49. The summed E-state index contributed by atoms with van der Waals surface area (Å²) in [6, 6.07) is 7.63. The van der Waals surface area contributed by atoms with Crippen molar-refractivity contribution in [2.24, 2.45) is 0 Å². The van der Waals surface area contributed by atoms with Gasteiger partial charge < -0.3 is 19.5 Å². The molecule has 4 heteroatoms. The van der Waals surface area contributed by atoms with E-state index in [0.29, 0.717) is 19.8 Å². The molecule has 0 saturated carbocycles. The topological polar surface area (TPSA) is 39.7 Å². The normalized spacial score (nSPS) is 10.2. The summed E-state index contributed by atoms with van der Waals surface area (Å²) >= 11 is 0. The lowest BCUT2D eigenvalue weighted by Gasteiger charge is -2.10. The molecule has 19 heavy (non-hydrogen) atoms. The van der Waals surface area contributed by atoms with E-state index in [4.69, 9.17) is 14.2 Å². The zero-order chi connectivity index (χ0) is 13.9. The number of para-hydroxylation sites is 2. The highest BCUT2D eigenvalue weighted by atomic mass is 16.5. The molecule has 0 radical (unpaired) electrons. The average Bonchev–Trinajstić information content (AvgIpc) is 2.42.